The van der Waals surface area contributed by atoms with Crippen LogP contribution in [-0.2, 0) is 0 Å². The highest BCUT2D eigenvalue weighted by Crippen LogP contribution is 2.45. The van der Waals surface area contributed by atoms with Crippen LogP contribution in [-0.4, -0.2) is 25.2 Å². The quantitative estimate of drug-likeness (QED) is 0.805. The smallest absolute Gasteiger partial charge is 0.0192 e. The molecule has 0 amide bonds. The maximum atomic E-state index is 3.84. The van der Waals surface area contributed by atoms with Gasteiger partial charge in [0.2, 0.25) is 0 Å². The Bertz CT molecular complexity index is 248. The molecule has 1 atom stereocenters. The zero-order chi connectivity index (χ0) is 13.2. The second-order valence-electron chi connectivity index (χ2n) is 8.17. The van der Waals surface area contributed by atoms with Crippen molar-refractivity contribution in [2.75, 3.05) is 13.1 Å². The average molecular weight is 252 g/mol. The van der Waals surface area contributed by atoms with Crippen molar-refractivity contribution < 1.29 is 0 Å². The van der Waals surface area contributed by atoms with Crippen molar-refractivity contribution in [3.63, 3.8) is 0 Å². The van der Waals surface area contributed by atoms with Gasteiger partial charge in [0.25, 0.3) is 0 Å². The molecule has 1 saturated heterocycles. The molecule has 2 N–H and O–H groups in total. The first-order valence-corrected chi connectivity index (χ1v) is 7.83. The van der Waals surface area contributed by atoms with Gasteiger partial charge in [-0.05, 0) is 49.5 Å². The van der Waals surface area contributed by atoms with E-state index in [2.05, 4.69) is 38.3 Å². The fourth-order valence-corrected chi connectivity index (χ4v) is 4.40. The van der Waals surface area contributed by atoms with Crippen LogP contribution in [0, 0.1) is 10.8 Å². The summed E-state index contributed by atoms with van der Waals surface area (Å²) in [6, 6.07) is 1.43. The predicted molar refractivity (Wildman–Crippen MR) is 78.8 cm³/mol. The third-order valence-corrected chi connectivity index (χ3v) is 4.62. The van der Waals surface area contributed by atoms with Gasteiger partial charge >= 0.3 is 0 Å². The molecule has 2 rings (SSSR count). The second kappa shape index (κ2) is 5.50. The fraction of sp³-hybridized carbons (Fsp3) is 1.00. The van der Waals surface area contributed by atoms with E-state index in [0.29, 0.717) is 22.9 Å². The van der Waals surface area contributed by atoms with E-state index >= 15 is 0 Å². The molecule has 2 aliphatic rings. The van der Waals surface area contributed by atoms with Crippen molar-refractivity contribution >= 4 is 0 Å². The molecule has 0 radical (unpaired) electrons. The summed E-state index contributed by atoms with van der Waals surface area (Å²) in [6.07, 6.45) is 8.15. The Morgan fingerprint density at radius 2 is 1.72 bits per heavy atom. The van der Waals surface area contributed by atoms with Gasteiger partial charge in [0.1, 0.15) is 0 Å². The Kier molecular flexibility index (Phi) is 4.38. The molecule has 106 valence electrons. The summed E-state index contributed by atoms with van der Waals surface area (Å²) >= 11 is 0. The lowest BCUT2D eigenvalue weighted by atomic mass is 9.63. The van der Waals surface area contributed by atoms with Gasteiger partial charge in [-0.3, -0.25) is 0 Å². The van der Waals surface area contributed by atoms with E-state index in [1.165, 1.54) is 45.1 Å². The highest BCUT2D eigenvalue weighted by atomic mass is 15.0. The minimum absolute atomic E-state index is 0.499. The first-order chi connectivity index (χ1) is 8.36. The number of hydrogen-bond donors (Lipinski definition) is 2. The highest BCUT2D eigenvalue weighted by Gasteiger charge is 2.38. The van der Waals surface area contributed by atoms with E-state index < -0.39 is 0 Å². The molecule has 2 fully saturated rings. The number of rotatable bonds is 3. The van der Waals surface area contributed by atoms with Gasteiger partial charge in [0.05, 0.1) is 0 Å². The van der Waals surface area contributed by atoms with E-state index in [1.54, 1.807) is 0 Å². The summed E-state index contributed by atoms with van der Waals surface area (Å²) in [4.78, 5) is 0. The molecule has 2 nitrogen and oxygen atoms in total. The number of piperidine rings is 1. The van der Waals surface area contributed by atoms with Crippen LogP contribution in [0.25, 0.3) is 0 Å². The maximum absolute atomic E-state index is 3.84. The molecule has 18 heavy (non-hydrogen) atoms. The van der Waals surface area contributed by atoms with Crippen LogP contribution in [0.4, 0.5) is 0 Å². The largest absolute Gasteiger partial charge is 0.313 e. The van der Waals surface area contributed by atoms with Gasteiger partial charge in [0, 0.05) is 18.6 Å². The first-order valence-electron chi connectivity index (χ1n) is 7.83. The molecule has 0 spiro atoms. The highest BCUT2D eigenvalue weighted by molar-refractivity contribution is 4.92. The minimum Gasteiger partial charge on any atom is -0.313 e. The van der Waals surface area contributed by atoms with Crippen LogP contribution in [0.2, 0.25) is 0 Å². The first kappa shape index (κ1) is 14.3. The molecule has 2 heteroatoms. The lowest BCUT2D eigenvalue weighted by Crippen LogP contribution is -2.49. The predicted octanol–water partition coefficient (Wildman–Crippen LogP) is 3.32. The molecule has 0 aromatic rings. The number of hydrogen-bond acceptors (Lipinski definition) is 2. The summed E-state index contributed by atoms with van der Waals surface area (Å²) in [5, 5.41) is 7.48. The van der Waals surface area contributed by atoms with Crippen molar-refractivity contribution in [3.8, 4) is 0 Å². The molecule has 0 aromatic heterocycles. The molecule has 1 aliphatic carbocycles. The van der Waals surface area contributed by atoms with Crippen molar-refractivity contribution in [1.29, 1.82) is 0 Å². The third kappa shape index (κ3) is 4.24. The van der Waals surface area contributed by atoms with Crippen LogP contribution in [0.15, 0.2) is 0 Å². The number of nitrogens with one attached hydrogen (secondary N) is 2. The molecule has 1 saturated carbocycles. The summed E-state index contributed by atoms with van der Waals surface area (Å²) < 4.78 is 0. The van der Waals surface area contributed by atoms with E-state index in [4.69, 9.17) is 0 Å². The van der Waals surface area contributed by atoms with Crippen LogP contribution in [0.1, 0.15) is 66.2 Å². The molecule has 1 unspecified atom stereocenters. The van der Waals surface area contributed by atoms with Gasteiger partial charge < -0.3 is 10.6 Å². The Morgan fingerprint density at radius 3 is 2.28 bits per heavy atom. The van der Waals surface area contributed by atoms with Crippen molar-refractivity contribution in [2.24, 2.45) is 10.8 Å². The van der Waals surface area contributed by atoms with Crippen molar-refractivity contribution in [1.82, 2.24) is 10.6 Å². The van der Waals surface area contributed by atoms with Crippen molar-refractivity contribution in [3.05, 3.63) is 0 Å². The molecule has 0 bridgehead atoms. The SMILES string of the molecule is CC1(C)CC(NCC2CCCCN2)CC(C)(C)C1. The van der Waals surface area contributed by atoms with E-state index in [-0.39, 0.29) is 0 Å². The summed E-state index contributed by atoms with van der Waals surface area (Å²) in [5.74, 6) is 0. The average Bonchev–Trinajstić information content (AvgIpc) is 2.24. The van der Waals surface area contributed by atoms with Crippen LogP contribution < -0.4 is 10.6 Å². The topological polar surface area (TPSA) is 24.1 Å². The molecule has 1 aliphatic heterocycles. The zero-order valence-corrected chi connectivity index (χ0v) is 12.8. The summed E-state index contributed by atoms with van der Waals surface area (Å²) in [5.41, 5.74) is 0.999. The Labute approximate surface area is 113 Å². The normalized spacial score (nSPS) is 32.3. The molecule has 0 aromatic carbocycles. The van der Waals surface area contributed by atoms with Gasteiger partial charge in [0.15, 0.2) is 0 Å². The standard InChI is InChI=1S/C16H32N2/c1-15(2)9-14(10-16(3,4)12-15)18-11-13-7-5-6-8-17-13/h13-14,17-18H,5-12H2,1-4H3. The van der Waals surface area contributed by atoms with Gasteiger partial charge in [-0.1, -0.05) is 34.1 Å². The molecular formula is C16H32N2. The van der Waals surface area contributed by atoms with Gasteiger partial charge in [-0.15, -0.1) is 0 Å². The fourth-order valence-electron chi connectivity index (χ4n) is 4.40. The van der Waals surface area contributed by atoms with E-state index in [0.717, 1.165) is 6.54 Å². The Hall–Kier alpha value is -0.0800. The lowest BCUT2D eigenvalue weighted by molar-refractivity contribution is 0.0836. The maximum Gasteiger partial charge on any atom is 0.0192 e. The van der Waals surface area contributed by atoms with Crippen LogP contribution >= 0.6 is 0 Å². The monoisotopic (exact) mass is 252 g/mol. The minimum atomic E-state index is 0.499. The van der Waals surface area contributed by atoms with Crippen molar-refractivity contribution in [2.45, 2.75) is 78.3 Å². The van der Waals surface area contributed by atoms with Crippen LogP contribution in [0.5, 0.6) is 0 Å². The Balaban J connectivity index is 1.81. The lowest BCUT2D eigenvalue weighted by Gasteiger charge is -2.45. The van der Waals surface area contributed by atoms with E-state index in [1.807, 2.05) is 0 Å². The molecular weight excluding hydrogens is 220 g/mol. The van der Waals surface area contributed by atoms with E-state index in [9.17, 15) is 0 Å². The van der Waals surface area contributed by atoms with Gasteiger partial charge in [-0.2, -0.15) is 0 Å². The zero-order valence-electron chi connectivity index (χ0n) is 12.8. The van der Waals surface area contributed by atoms with Crippen LogP contribution in [0.3, 0.4) is 0 Å². The Morgan fingerprint density at radius 1 is 1.06 bits per heavy atom. The third-order valence-electron chi connectivity index (χ3n) is 4.62. The molecule has 1 heterocycles. The van der Waals surface area contributed by atoms with Gasteiger partial charge in [-0.25, -0.2) is 0 Å². The second-order valence-corrected chi connectivity index (χ2v) is 8.17. The summed E-state index contributed by atoms with van der Waals surface area (Å²) in [6.45, 7) is 12.1. The summed E-state index contributed by atoms with van der Waals surface area (Å²) in [7, 11) is 0.